The van der Waals surface area contributed by atoms with Gasteiger partial charge in [-0.15, -0.1) is 0 Å². The van der Waals surface area contributed by atoms with E-state index in [0.29, 0.717) is 13.2 Å². The lowest BCUT2D eigenvalue weighted by atomic mass is 10.2. The zero-order valence-corrected chi connectivity index (χ0v) is 11.8. The van der Waals surface area contributed by atoms with Gasteiger partial charge in [0.1, 0.15) is 12.4 Å². The quantitative estimate of drug-likeness (QED) is 0.837. The SMILES string of the molecule is CN(CCOc1ccccc1CN)Cc1ccncc1. The third-order valence-electron chi connectivity index (χ3n) is 3.12. The number of ether oxygens (including phenoxy) is 1. The maximum atomic E-state index is 5.80. The van der Waals surface area contributed by atoms with Crippen LogP contribution in [0.3, 0.4) is 0 Å². The summed E-state index contributed by atoms with van der Waals surface area (Å²) >= 11 is 0. The van der Waals surface area contributed by atoms with Gasteiger partial charge in [-0.1, -0.05) is 18.2 Å². The van der Waals surface area contributed by atoms with Crippen molar-refractivity contribution in [2.45, 2.75) is 13.1 Å². The Morgan fingerprint density at radius 1 is 1.15 bits per heavy atom. The third-order valence-corrected chi connectivity index (χ3v) is 3.12. The van der Waals surface area contributed by atoms with Crippen molar-refractivity contribution in [2.75, 3.05) is 20.2 Å². The molecule has 0 bridgehead atoms. The number of hydrogen-bond donors (Lipinski definition) is 1. The van der Waals surface area contributed by atoms with Gasteiger partial charge in [0.15, 0.2) is 0 Å². The van der Waals surface area contributed by atoms with Crippen LogP contribution in [0.25, 0.3) is 0 Å². The molecule has 2 aromatic rings. The van der Waals surface area contributed by atoms with E-state index < -0.39 is 0 Å². The van der Waals surface area contributed by atoms with E-state index >= 15 is 0 Å². The molecule has 4 heteroatoms. The van der Waals surface area contributed by atoms with Crippen molar-refractivity contribution in [1.29, 1.82) is 0 Å². The molecular formula is C16H21N3O. The summed E-state index contributed by atoms with van der Waals surface area (Å²) in [6.07, 6.45) is 3.63. The first-order valence-electron chi connectivity index (χ1n) is 6.78. The van der Waals surface area contributed by atoms with E-state index in [2.05, 4.69) is 16.9 Å². The van der Waals surface area contributed by atoms with Crippen molar-refractivity contribution in [1.82, 2.24) is 9.88 Å². The summed E-state index contributed by atoms with van der Waals surface area (Å²) in [5.41, 5.74) is 7.99. The number of para-hydroxylation sites is 1. The molecule has 1 aromatic heterocycles. The van der Waals surface area contributed by atoms with Crippen LogP contribution in [0.1, 0.15) is 11.1 Å². The smallest absolute Gasteiger partial charge is 0.123 e. The van der Waals surface area contributed by atoms with Gasteiger partial charge in [-0.2, -0.15) is 0 Å². The van der Waals surface area contributed by atoms with Crippen molar-refractivity contribution in [3.8, 4) is 5.75 Å². The number of pyridine rings is 1. The number of nitrogens with two attached hydrogens (primary N) is 1. The summed E-state index contributed by atoms with van der Waals surface area (Å²) < 4.78 is 5.80. The average Bonchev–Trinajstić information content (AvgIpc) is 2.49. The molecule has 4 nitrogen and oxygen atoms in total. The van der Waals surface area contributed by atoms with E-state index in [1.54, 1.807) is 0 Å². The second-order valence-corrected chi connectivity index (χ2v) is 4.75. The van der Waals surface area contributed by atoms with Gasteiger partial charge in [-0.25, -0.2) is 0 Å². The number of benzene rings is 1. The topological polar surface area (TPSA) is 51.4 Å². The predicted molar refractivity (Wildman–Crippen MR) is 80.4 cm³/mol. The zero-order chi connectivity index (χ0) is 14.2. The van der Waals surface area contributed by atoms with Gasteiger partial charge in [0, 0.05) is 37.6 Å². The van der Waals surface area contributed by atoms with Crippen molar-refractivity contribution in [3.63, 3.8) is 0 Å². The molecule has 0 aliphatic carbocycles. The Bertz CT molecular complexity index is 516. The summed E-state index contributed by atoms with van der Waals surface area (Å²) in [7, 11) is 2.08. The van der Waals surface area contributed by atoms with Crippen LogP contribution in [0, 0.1) is 0 Å². The average molecular weight is 271 g/mol. The van der Waals surface area contributed by atoms with Crippen LogP contribution < -0.4 is 10.5 Å². The van der Waals surface area contributed by atoms with Gasteiger partial charge >= 0.3 is 0 Å². The molecule has 0 atom stereocenters. The molecule has 20 heavy (non-hydrogen) atoms. The summed E-state index contributed by atoms with van der Waals surface area (Å²) in [5, 5.41) is 0. The van der Waals surface area contributed by atoms with E-state index in [4.69, 9.17) is 10.5 Å². The Balaban J connectivity index is 1.78. The number of rotatable bonds is 7. The minimum Gasteiger partial charge on any atom is -0.492 e. The maximum Gasteiger partial charge on any atom is 0.123 e. The van der Waals surface area contributed by atoms with E-state index in [-0.39, 0.29) is 0 Å². The molecule has 0 spiro atoms. The Labute approximate surface area is 120 Å². The van der Waals surface area contributed by atoms with Crippen LogP contribution in [-0.4, -0.2) is 30.1 Å². The lowest BCUT2D eigenvalue weighted by molar-refractivity contribution is 0.231. The Kier molecular flexibility index (Phi) is 5.53. The van der Waals surface area contributed by atoms with Crippen molar-refractivity contribution >= 4 is 0 Å². The van der Waals surface area contributed by atoms with Crippen LogP contribution in [0.15, 0.2) is 48.8 Å². The molecule has 0 amide bonds. The highest BCUT2D eigenvalue weighted by molar-refractivity contribution is 5.32. The molecule has 0 fully saturated rings. The predicted octanol–water partition coefficient (Wildman–Crippen LogP) is 2.05. The zero-order valence-electron chi connectivity index (χ0n) is 11.8. The number of likely N-dealkylation sites (N-methyl/N-ethyl adjacent to an activating group) is 1. The fourth-order valence-electron chi connectivity index (χ4n) is 2.00. The minimum absolute atomic E-state index is 0.503. The van der Waals surface area contributed by atoms with E-state index in [1.807, 2.05) is 48.8 Å². The monoisotopic (exact) mass is 271 g/mol. The number of hydrogen-bond acceptors (Lipinski definition) is 4. The first kappa shape index (κ1) is 14.5. The lowest BCUT2D eigenvalue weighted by Crippen LogP contribution is -2.24. The second kappa shape index (κ2) is 7.62. The van der Waals surface area contributed by atoms with Crippen LogP contribution in [-0.2, 0) is 13.1 Å². The summed E-state index contributed by atoms with van der Waals surface area (Å²) in [6.45, 7) is 2.91. The molecule has 0 saturated carbocycles. The van der Waals surface area contributed by atoms with Gasteiger partial charge in [0.25, 0.3) is 0 Å². The van der Waals surface area contributed by atoms with E-state index in [0.717, 1.165) is 24.4 Å². The molecule has 1 aromatic carbocycles. The molecule has 2 N–H and O–H groups in total. The van der Waals surface area contributed by atoms with E-state index in [1.165, 1.54) is 5.56 Å². The summed E-state index contributed by atoms with van der Waals surface area (Å²) in [4.78, 5) is 6.24. The largest absolute Gasteiger partial charge is 0.492 e. The molecule has 106 valence electrons. The van der Waals surface area contributed by atoms with Gasteiger partial charge in [-0.3, -0.25) is 9.88 Å². The summed E-state index contributed by atoms with van der Waals surface area (Å²) in [5.74, 6) is 0.882. The standard InChI is InChI=1S/C16H21N3O/c1-19(13-14-6-8-18-9-7-14)10-11-20-16-5-3-2-4-15(16)12-17/h2-9H,10-13,17H2,1H3. The second-order valence-electron chi connectivity index (χ2n) is 4.75. The highest BCUT2D eigenvalue weighted by Crippen LogP contribution is 2.16. The third kappa shape index (κ3) is 4.33. The summed E-state index contributed by atoms with van der Waals surface area (Å²) in [6, 6.07) is 12.0. The molecule has 0 radical (unpaired) electrons. The molecule has 0 aliphatic heterocycles. The molecule has 0 unspecified atom stereocenters. The lowest BCUT2D eigenvalue weighted by Gasteiger charge is -2.17. The molecule has 0 saturated heterocycles. The highest BCUT2D eigenvalue weighted by Gasteiger charge is 2.03. The maximum absolute atomic E-state index is 5.80. The Hall–Kier alpha value is -1.91. The van der Waals surface area contributed by atoms with Gasteiger partial charge in [-0.05, 0) is 30.8 Å². The van der Waals surface area contributed by atoms with Crippen LogP contribution >= 0.6 is 0 Å². The number of nitrogens with zero attached hydrogens (tertiary/aromatic N) is 2. The first-order chi connectivity index (χ1) is 9.79. The van der Waals surface area contributed by atoms with Crippen LogP contribution in [0.2, 0.25) is 0 Å². The fraction of sp³-hybridized carbons (Fsp3) is 0.312. The highest BCUT2D eigenvalue weighted by atomic mass is 16.5. The first-order valence-corrected chi connectivity index (χ1v) is 6.78. The minimum atomic E-state index is 0.503. The van der Waals surface area contributed by atoms with Gasteiger partial charge in [0.2, 0.25) is 0 Å². The Morgan fingerprint density at radius 2 is 1.90 bits per heavy atom. The van der Waals surface area contributed by atoms with Crippen molar-refractivity contribution < 1.29 is 4.74 Å². The molecular weight excluding hydrogens is 250 g/mol. The van der Waals surface area contributed by atoms with Gasteiger partial charge < -0.3 is 10.5 Å². The fourth-order valence-corrected chi connectivity index (χ4v) is 2.00. The normalized spacial score (nSPS) is 10.8. The molecule has 1 heterocycles. The molecule has 0 aliphatic rings. The van der Waals surface area contributed by atoms with Crippen molar-refractivity contribution in [2.24, 2.45) is 5.73 Å². The van der Waals surface area contributed by atoms with Gasteiger partial charge in [0.05, 0.1) is 0 Å². The number of aromatic nitrogens is 1. The van der Waals surface area contributed by atoms with Crippen LogP contribution in [0.5, 0.6) is 5.75 Å². The molecule has 2 rings (SSSR count). The van der Waals surface area contributed by atoms with Crippen LogP contribution in [0.4, 0.5) is 0 Å². The van der Waals surface area contributed by atoms with E-state index in [9.17, 15) is 0 Å². The Morgan fingerprint density at radius 3 is 2.65 bits per heavy atom. The van der Waals surface area contributed by atoms with Crippen molar-refractivity contribution in [3.05, 3.63) is 59.9 Å².